The van der Waals surface area contributed by atoms with Crippen molar-refractivity contribution < 1.29 is 0 Å². The van der Waals surface area contributed by atoms with Crippen molar-refractivity contribution in [2.45, 2.75) is 54.4 Å². The van der Waals surface area contributed by atoms with Crippen LogP contribution in [0.1, 0.15) is 54.4 Å². The Balaban J connectivity index is 4.49. The molecule has 0 unspecified atom stereocenters. The molecule has 0 spiro atoms. The number of nitrogens with one attached hydrogen (secondary N) is 2. The molecule has 0 aliphatic rings. The fraction of sp³-hybridized carbons (Fsp3) is 0.833. The monoisotopic (exact) mass is 196 g/mol. The van der Waals surface area contributed by atoms with E-state index in [9.17, 15) is 0 Å². The van der Waals surface area contributed by atoms with Gasteiger partial charge < -0.3 is 10.8 Å². The van der Waals surface area contributed by atoms with E-state index in [2.05, 4.69) is 27.7 Å². The van der Waals surface area contributed by atoms with E-state index in [4.69, 9.17) is 10.8 Å². The summed E-state index contributed by atoms with van der Waals surface area (Å²) in [6.45, 7) is 12.3. The quantitative estimate of drug-likeness (QED) is 0.627. The topological polar surface area (TPSA) is 47.7 Å². The third kappa shape index (κ3) is 4.54. The van der Waals surface area contributed by atoms with Crippen LogP contribution in [0.5, 0.6) is 0 Å². The van der Waals surface area contributed by atoms with Crippen LogP contribution in [0.4, 0.5) is 0 Å². The zero-order chi connectivity index (χ0) is 11.6. The highest BCUT2D eigenvalue weighted by molar-refractivity contribution is 5.84. The number of hydrogen-bond acceptors (Lipinski definition) is 2. The van der Waals surface area contributed by atoms with Gasteiger partial charge in [-0.3, -0.25) is 0 Å². The minimum Gasteiger partial charge on any atom is -0.310 e. The molecule has 0 aromatic heterocycles. The third-order valence-corrected chi connectivity index (χ3v) is 2.68. The average molecular weight is 196 g/mol. The second-order valence-electron chi connectivity index (χ2n) is 5.81. The van der Waals surface area contributed by atoms with Gasteiger partial charge in [0.25, 0.3) is 0 Å². The van der Waals surface area contributed by atoms with Gasteiger partial charge in [0.15, 0.2) is 0 Å². The van der Waals surface area contributed by atoms with Gasteiger partial charge in [-0.25, -0.2) is 0 Å². The lowest BCUT2D eigenvalue weighted by Crippen LogP contribution is -2.29. The maximum Gasteiger partial charge on any atom is 0.0115 e. The zero-order valence-electron chi connectivity index (χ0n) is 10.4. The van der Waals surface area contributed by atoms with Crippen LogP contribution in [0.25, 0.3) is 0 Å². The highest BCUT2D eigenvalue weighted by Crippen LogP contribution is 2.36. The molecule has 0 rings (SSSR count). The van der Waals surface area contributed by atoms with Crippen LogP contribution in [-0.4, -0.2) is 11.4 Å². The van der Waals surface area contributed by atoms with E-state index < -0.39 is 0 Å². The molecule has 0 aromatic rings. The Morgan fingerprint density at radius 2 is 1.43 bits per heavy atom. The van der Waals surface area contributed by atoms with Crippen LogP contribution in [0.2, 0.25) is 0 Å². The van der Waals surface area contributed by atoms with Crippen molar-refractivity contribution in [2.75, 3.05) is 0 Å². The van der Waals surface area contributed by atoms with E-state index in [1.165, 1.54) is 0 Å². The van der Waals surface area contributed by atoms with Gasteiger partial charge in [0.05, 0.1) is 0 Å². The van der Waals surface area contributed by atoms with Crippen LogP contribution in [-0.2, 0) is 0 Å². The summed E-state index contributed by atoms with van der Waals surface area (Å²) in [6, 6.07) is 0. The fourth-order valence-corrected chi connectivity index (χ4v) is 2.11. The zero-order valence-corrected chi connectivity index (χ0v) is 10.4. The number of rotatable bonds is 5. The predicted octanol–water partition coefficient (Wildman–Crippen LogP) is 3.90. The van der Waals surface area contributed by atoms with Crippen LogP contribution in [0.3, 0.4) is 0 Å². The molecule has 0 saturated heterocycles. The number of hydrogen-bond donors (Lipinski definition) is 2. The molecule has 0 radical (unpaired) electrons. The molecular formula is C12H24N2. The third-order valence-electron chi connectivity index (χ3n) is 2.68. The second kappa shape index (κ2) is 4.24. The molecular weight excluding hydrogens is 172 g/mol. The van der Waals surface area contributed by atoms with Crippen LogP contribution < -0.4 is 0 Å². The van der Waals surface area contributed by atoms with E-state index in [1.54, 1.807) is 0 Å². The highest BCUT2D eigenvalue weighted by atomic mass is 14.5. The molecule has 2 nitrogen and oxygen atoms in total. The largest absolute Gasteiger partial charge is 0.310 e. The minimum absolute atomic E-state index is 0.0427. The van der Waals surface area contributed by atoms with Crippen LogP contribution in [0.15, 0.2) is 0 Å². The van der Waals surface area contributed by atoms with E-state index in [-0.39, 0.29) is 10.8 Å². The maximum absolute atomic E-state index is 7.71. The van der Waals surface area contributed by atoms with Crippen molar-refractivity contribution in [3.8, 4) is 0 Å². The van der Waals surface area contributed by atoms with Crippen LogP contribution in [0, 0.1) is 21.6 Å². The molecule has 0 aliphatic heterocycles. The van der Waals surface area contributed by atoms with Crippen molar-refractivity contribution in [3.05, 3.63) is 0 Å². The van der Waals surface area contributed by atoms with E-state index >= 15 is 0 Å². The first-order valence-electron chi connectivity index (χ1n) is 5.16. The molecule has 0 heterocycles. The second-order valence-corrected chi connectivity index (χ2v) is 5.81. The SMILES string of the molecule is CC(=N)CC(C)(C)CC(C)(C)C(C)=N. The first-order valence-corrected chi connectivity index (χ1v) is 5.16. The molecule has 0 aromatic carbocycles. The lowest BCUT2D eigenvalue weighted by atomic mass is 9.71. The molecule has 0 saturated carbocycles. The Morgan fingerprint density at radius 3 is 1.71 bits per heavy atom. The van der Waals surface area contributed by atoms with Gasteiger partial charge in [-0.05, 0) is 32.1 Å². The molecule has 0 bridgehead atoms. The van der Waals surface area contributed by atoms with Crippen LogP contribution >= 0.6 is 0 Å². The summed E-state index contributed by atoms with van der Waals surface area (Å²) < 4.78 is 0. The molecule has 0 amide bonds. The molecule has 2 N–H and O–H groups in total. The van der Waals surface area contributed by atoms with E-state index in [1.807, 2.05) is 13.8 Å². The lowest BCUT2D eigenvalue weighted by molar-refractivity contribution is 0.259. The Bertz CT molecular complexity index is 237. The van der Waals surface area contributed by atoms with Gasteiger partial charge in [0.1, 0.15) is 0 Å². The first kappa shape index (κ1) is 13.3. The Morgan fingerprint density at radius 1 is 1.00 bits per heavy atom. The predicted molar refractivity (Wildman–Crippen MR) is 63.6 cm³/mol. The summed E-state index contributed by atoms with van der Waals surface area (Å²) >= 11 is 0. The molecule has 82 valence electrons. The normalized spacial score (nSPS) is 12.7. The summed E-state index contributed by atoms with van der Waals surface area (Å²) in [5.74, 6) is 0. The summed E-state index contributed by atoms with van der Waals surface area (Å²) in [5, 5.41) is 15.2. The Hall–Kier alpha value is -0.660. The minimum atomic E-state index is -0.0427. The summed E-state index contributed by atoms with van der Waals surface area (Å²) in [7, 11) is 0. The maximum atomic E-state index is 7.71. The highest BCUT2D eigenvalue weighted by Gasteiger charge is 2.30. The average Bonchev–Trinajstić information content (AvgIpc) is 1.79. The molecule has 0 fully saturated rings. The smallest absolute Gasteiger partial charge is 0.0115 e. The van der Waals surface area contributed by atoms with Crippen molar-refractivity contribution in [1.82, 2.24) is 0 Å². The summed E-state index contributed by atoms with van der Waals surface area (Å²) in [5.41, 5.74) is 1.54. The van der Waals surface area contributed by atoms with E-state index in [0.717, 1.165) is 24.3 Å². The Kier molecular flexibility index (Phi) is 4.04. The fourth-order valence-electron chi connectivity index (χ4n) is 2.11. The summed E-state index contributed by atoms with van der Waals surface area (Å²) in [6.07, 6.45) is 1.79. The first-order chi connectivity index (χ1) is 6.07. The Labute approximate surface area is 88.1 Å². The standard InChI is InChI=1S/C12H24N2/c1-9(13)7-11(3,4)8-12(5,6)10(2)14/h13-14H,7-8H2,1-6H3. The van der Waals surface area contributed by atoms with Crippen molar-refractivity contribution in [1.29, 1.82) is 10.8 Å². The lowest BCUT2D eigenvalue weighted by Gasteiger charge is -2.34. The summed E-state index contributed by atoms with van der Waals surface area (Å²) in [4.78, 5) is 0. The van der Waals surface area contributed by atoms with Gasteiger partial charge >= 0.3 is 0 Å². The molecule has 0 aliphatic carbocycles. The van der Waals surface area contributed by atoms with Gasteiger partial charge in [-0.2, -0.15) is 0 Å². The van der Waals surface area contributed by atoms with Gasteiger partial charge in [-0.15, -0.1) is 0 Å². The van der Waals surface area contributed by atoms with Crippen molar-refractivity contribution >= 4 is 11.4 Å². The van der Waals surface area contributed by atoms with E-state index in [0.29, 0.717) is 0 Å². The van der Waals surface area contributed by atoms with Gasteiger partial charge in [-0.1, -0.05) is 27.7 Å². The van der Waals surface area contributed by atoms with Gasteiger partial charge in [0.2, 0.25) is 0 Å². The van der Waals surface area contributed by atoms with Crippen molar-refractivity contribution in [3.63, 3.8) is 0 Å². The molecule has 14 heavy (non-hydrogen) atoms. The molecule has 2 heteroatoms. The molecule has 0 atom stereocenters. The van der Waals surface area contributed by atoms with Crippen molar-refractivity contribution in [2.24, 2.45) is 10.8 Å². The van der Waals surface area contributed by atoms with Gasteiger partial charge in [0, 0.05) is 16.8 Å².